The molecule has 2 rings (SSSR count). The first kappa shape index (κ1) is 22.6. The topological polar surface area (TPSA) is 98.7 Å². The van der Waals surface area contributed by atoms with Crippen molar-refractivity contribution < 1.29 is 19.8 Å². The van der Waals surface area contributed by atoms with Crippen LogP contribution in [0.3, 0.4) is 0 Å². The van der Waals surface area contributed by atoms with E-state index in [1.54, 1.807) is 6.92 Å². The van der Waals surface area contributed by atoms with Crippen LogP contribution >= 0.6 is 0 Å². The molecule has 0 aromatic heterocycles. The van der Waals surface area contributed by atoms with Crippen LogP contribution < -0.4 is 10.6 Å². The van der Waals surface area contributed by atoms with Gasteiger partial charge in [0.05, 0.1) is 0 Å². The second-order valence-corrected chi connectivity index (χ2v) is 7.45. The Labute approximate surface area is 172 Å². The molecule has 4 N–H and O–H groups in total. The predicted octanol–water partition coefficient (Wildman–Crippen LogP) is 2.90. The number of rotatable bonds is 12. The number of benzene rings is 2. The maximum atomic E-state index is 11.9. The SMILES string of the molecule is CC(c1ccccc1)C(C)(NCCCNC(Cc1ccccc1)C(=O)O)C(=O)O. The van der Waals surface area contributed by atoms with Gasteiger partial charge in [-0.15, -0.1) is 0 Å². The molecule has 0 bridgehead atoms. The molecule has 6 heteroatoms. The van der Waals surface area contributed by atoms with Gasteiger partial charge in [-0.2, -0.15) is 0 Å². The van der Waals surface area contributed by atoms with Crippen LogP contribution in [0.15, 0.2) is 60.7 Å². The molecule has 2 aromatic carbocycles. The van der Waals surface area contributed by atoms with Crippen molar-refractivity contribution in [1.29, 1.82) is 0 Å². The third-order valence-electron chi connectivity index (χ3n) is 5.43. The molecule has 0 fully saturated rings. The Morgan fingerprint density at radius 3 is 2.10 bits per heavy atom. The molecule has 0 saturated heterocycles. The Bertz CT molecular complexity index is 782. The minimum absolute atomic E-state index is 0.223. The number of carbonyl (C=O) groups is 2. The molecule has 0 saturated carbocycles. The first-order chi connectivity index (χ1) is 13.8. The minimum atomic E-state index is -1.11. The minimum Gasteiger partial charge on any atom is -0.480 e. The molecule has 3 atom stereocenters. The molecule has 2 aromatic rings. The van der Waals surface area contributed by atoms with E-state index in [2.05, 4.69) is 10.6 Å². The number of carboxylic acid groups (broad SMARTS) is 2. The second kappa shape index (κ2) is 10.7. The zero-order valence-corrected chi connectivity index (χ0v) is 17.0. The third-order valence-corrected chi connectivity index (χ3v) is 5.43. The lowest BCUT2D eigenvalue weighted by atomic mass is 9.81. The zero-order valence-electron chi connectivity index (χ0n) is 17.0. The molecule has 0 spiro atoms. The first-order valence-corrected chi connectivity index (χ1v) is 9.88. The van der Waals surface area contributed by atoms with Crippen LogP contribution in [-0.4, -0.2) is 46.8 Å². The van der Waals surface area contributed by atoms with E-state index in [0.29, 0.717) is 25.9 Å². The highest BCUT2D eigenvalue weighted by molar-refractivity contribution is 5.79. The maximum absolute atomic E-state index is 11.9. The van der Waals surface area contributed by atoms with Gasteiger partial charge in [0.25, 0.3) is 0 Å². The van der Waals surface area contributed by atoms with Gasteiger partial charge < -0.3 is 20.8 Å². The van der Waals surface area contributed by atoms with Gasteiger partial charge in [-0.05, 0) is 44.0 Å². The van der Waals surface area contributed by atoms with Crippen LogP contribution in [0, 0.1) is 0 Å². The number of nitrogens with one attached hydrogen (secondary N) is 2. The molecule has 6 nitrogen and oxygen atoms in total. The van der Waals surface area contributed by atoms with Crippen LogP contribution in [0.4, 0.5) is 0 Å². The Morgan fingerprint density at radius 1 is 0.966 bits per heavy atom. The Morgan fingerprint density at radius 2 is 1.55 bits per heavy atom. The zero-order chi connectivity index (χ0) is 21.3. The van der Waals surface area contributed by atoms with Gasteiger partial charge in [0.15, 0.2) is 0 Å². The predicted molar refractivity (Wildman–Crippen MR) is 113 cm³/mol. The number of carboxylic acids is 2. The van der Waals surface area contributed by atoms with Crippen molar-refractivity contribution in [3.63, 3.8) is 0 Å². The lowest BCUT2D eigenvalue weighted by molar-refractivity contribution is -0.145. The largest absolute Gasteiger partial charge is 0.480 e. The molecule has 0 heterocycles. The molecule has 0 amide bonds. The van der Waals surface area contributed by atoms with E-state index >= 15 is 0 Å². The fraction of sp³-hybridized carbons (Fsp3) is 0.391. The van der Waals surface area contributed by atoms with Gasteiger partial charge >= 0.3 is 11.9 Å². The fourth-order valence-corrected chi connectivity index (χ4v) is 3.30. The second-order valence-electron chi connectivity index (χ2n) is 7.45. The quantitative estimate of drug-likeness (QED) is 0.411. The van der Waals surface area contributed by atoms with E-state index in [4.69, 9.17) is 0 Å². The van der Waals surface area contributed by atoms with E-state index in [1.165, 1.54) is 0 Å². The molecule has 0 aliphatic rings. The summed E-state index contributed by atoms with van der Waals surface area (Å²) in [4.78, 5) is 23.5. The Balaban J connectivity index is 1.86. The summed E-state index contributed by atoms with van der Waals surface area (Å²) in [6.07, 6.45) is 1.02. The van der Waals surface area contributed by atoms with Crippen LogP contribution in [0.5, 0.6) is 0 Å². The summed E-state index contributed by atoms with van der Waals surface area (Å²) < 4.78 is 0. The molecule has 0 aliphatic heterocycles. The monoisotopic (exact) mass is 398 g/mol. The van der Waals surface area contributed by atoms with Gasteiger partial charge in [0, 0.05) is 5.92 Å². The summed E-state index contributed by atoms with van der Waals surface area (Å²) in [6.45, 7) is 4.53. The highest BCUT2D eigenvalue weighted by Gasteiger charge is 2.39. The molecule has 0 radical (unpaired) electrons. The summed E-state index contributed by atoms with van der Waals surface area (Å²) in [5.41, 5.74) is 0.801. The summed E-state index contributed by atoms with van der Waals surface area (Å²) in [5, 5.41) is 25.4. The van der Waals surface area contributed by atoms with Crippen molar-refractivity contribution in [2.24, 2.45) is 0 Å². The molecular formula is C23H30N2O4. The van der Waals surface area contributed by atoms with Crippen LogP contribution in [0.1, 0.15) is 37.3 Å². The number of aliphatic carboxylic acids is 2. The van der Waals surface area contributed by atoms with Crippen LogP contribution in [-0.2, 0) is 16.0 Å². The average molecular weight is 399 g/mol. The van der Waals surface area contributed by atoms with Crippen molar-refractivity contribution >= 4 is 11.9 Å². The third kappa shape index (κ3) is 6.41. The van der Waals surface area contributed by atoms with Crippen molar-refractivity contribution in [3.05, 3.63) is 71.8 Å². The normalized spacial score (nSPS) is 15.2. The molecule has 29 heavy (non-hydrogen) atoms. The van der Waals surface area contributed by atoms with Gasteiger partial charge in [-0.25, -0.2) is 0 Å². The number of hydrogen-bond donors (Lipinski definition) is 4. The Hall–Kier alpha value is -2.70. The summed E-state index contributed by atoms with van der Waals surface area (Å²) in [7, 11) is 0. The lowest BCUT2D eigenvalue weighted by Gasteiger charge is -2.33. The summed E-state index contributed by atoms with van der Waals surface area (Å²) in [6, 6.07) is 18.4. The maximum Gasteiger partial charge on any atom is 0.324 e. The fourth-order valence-electron chi connectivity index (χ4n) is 3.30. The Kier molecular flexibility index (Phi) is 8.36. The van der Waals surface area contributed by atoms with E-state index < -0.39 is 23.5 Å². The van der Waals surface area contributed by atoms with E-state index in [9.17, 15) is 19.8 Å². The lowest BCUT2D eigenvalue weighted by Crippen LogP contribution is -2.54. The molecule has 3 unspecified atom stereocenters. The summed E-state index contributed by atoms with van der Waals surface area (Å²) >= 11 is 0. The molecule has 156 valence electrons. The van der Waals surface area contributed by atoms with Crippen molar-refractivity contribution in [1.82, 2.24) is 10.6 Å². The van der Waals surface area contributed by atoms with Gasteiger partial charge in [0.1, 0.15) is 11.6 Å². The van der Waals surface area contributed by atoms with E-state index in [-0.39, 0.29) is 5.92 Å². The molecule has 0 aliphatic carbocycles. The smallest absolute Gasteiger partial charge is 0.324 e. The van der Waals surface area contributed by atoms with Crippen molar-refractivity contribution in [2.45, 2.75) is 44.2 Å². The number of hydrogen-bond acceptors (Lipinski definition) is 4. The van der Waals surface area contributed by atoms with E-state index in [1.807, 2.05) is 67.6 Å². The highest BCUT2D eigenvalue weighted by Crippen LogP contribution is 2.28. The van der Waals surface area contributed by atoms with Crippen LogP contribution in [0.25, 0.3) is 0 Å². The van der Waals surface area contributed by atoms with Gasteiger partial charge in [-0.1, -0.05) is 67.6 Å². The van der Waals surface area contributed by atoms with Crippen molar-refractivity contribution in [2.75, 3.05) is 13.1 Å². The van der Waals surface area contributed by atoms with Gasteiger partial charge in [-0.3, -0.25) is 9.59 Å². The van der Waals surface area contributed by atoms with Crippen molar-refractivity contribution in [3.8, 4) is 0 Å². The summed E-state index contributed by atoms with van der Waals surface area (Å²) in [5.74, 6) is -2.02. The first-order valence-electron chi connectivity index (χ1n) is 9.88. The molecular weight excluding hydrogens is 368 g/mol. The average Bonchev–Trinajstić information content (AvgIpc) is 2.73. The van der Waals surface area contributed by atoms with Crippen LogP contribution in [0.2, 0.25) is 0 Å². The van der Waals surface area contributed by atoms with Gasteiger partial charge in [0.2, 0.25) is 0 Å². The van der Waals surface area contributed by atoms with E-state index in [0.717, 1.165) is 11.1 Å². The highest BCUT2D eigenvalue weighted by atomic mass is 16.4. The standard InChI is InChI=1S/C23H30N2O4/c1-17(19-12-7-4-8-13-19)23(2,22(28)29)25-15-9-14-24-20(21(26)27)16-18-10-5-3-6-11-18/h3-8,10-13,17,20,24-25H,9,14-16H2,1-2H3,(H,26,27)(H,28,29).